The van der Waals surface area contributed by atoms with Crippen molar-refractivity contribution >= 4 is 5.91 Å². The van der Waals surface area contributed by atoms with Gasteiger partial charge in [0.05, 0.1) is 38.2 Å². The number of carbonyl (C=O) groups excluding carboxylic acids is 1. The van der Waals surface area contributed by atoms with E-state index in [1.54, 1.807) is 6.26 Å². The summed E-state index contributed by atoms with van der Waals surface area (Å²) in [4.78, 5) is 14.6. The highest BCUT2D eigenvalue weighted by molar-refractivity contribution is 5.81. The van der Waals surface area contributed by atoms with Gasteiger partial charge in [-0.15, -0.1) is 0 Å². The van der Waals surface area contributed by atoms with E-state index >= 15 is 0 Å². The van der Waals surface area contributed by atoms with Gasteiger partial charge in [0.15, 0.2) is 0 Å². The SMILES string of the molecule is O=C(NCc1ccco1)[C@@H]1CCCN1CCOC[C@H]1CCCO1. The van der Waals surface area contributed by atoms with Gasteiger partial charge in [-0.2, -0.15) is 0 Å². The lowest BCUT2D eigenvalue weighted by Crippen LogP contribution is -2.44. The Labute approximate surface area is 137 Å². The van der Waals surface area contributed by atoms with Gasteiger partial charge in [-0.05, 0) is 44.4 Å². The van der Waals surface area contributed by atoms with Crippen LogP contribution in [-0.2, 0) is 20.8 Å². The molecule has 0 radical (unpaired) electrons. The van der Waals surface area contributed by atoms with Crippen molar-refractivity contribution in [3.8, 4) is 0 Å². The summed E-state index contributed by atoms with van der Waals surface area (Å²) in [6, 6.07) is 3.65. The van der Waals surface area contributed by atoms with Gasteiger partial charge in [0.25, 0.3) is 0 Å². The molecule has 2 fully saturated rings. The van der Waals surface area contributed by atoms with Crippen LogP contribution in [0.5, 0.6) is 0 Å². The van der Waals surface area contributed by atoms with Crippen molar-refractivity contribution < 1.29 is 18.7 Å². The molecule has 0 unspecified atom stereocenters. The summed E-state index contributed by atoms with van der Waals surface area (Å²) in [5, 5.41) is 2.96. The molecule has 128 valence electrons. The Morgan fingerprint density at radius 3 is 3.13 bits per heavy atom. The van der Waals surface area contributed by atoms with E-state index in [0.29, 0.717) is 19.8 Å². The van der Waals surface area contributed by atoms with Crippen LogP contribution < -0.4 is 5.32 Å². The Balaban J connectivity index is 1.35. The highest BCUT2D eigenvalue weighted by Gasteiger charge is 2.30. The molecule has 1 aromatic rings. The molecule has 2 aliphatic heterocycles. The van der Waals surface area contributed by atoms with Crippen molar-refractivity contribution in [2.75, 3.05) is 32.9 Å². The second kappa shape index (κ2) is 8.47. The van der Waals surface area contributed by atoms with E-state index in [1.165, 1.54) is 0 Å². The van der Waals surface area contributed by atoms with Crippen molar-refractivity contribution in [3.05, 3.63) is 24.2 Å². The summed E-state index contributed by atoms with van der Waals surface area (Å²) in [6.07, 6.45) is 6.09. The molecular formula is C17H26N2O4. The summed E-state index contributed by atoms with van der Waals surface area (Å²) in [6.45, 7) is 4.39. The average Bonchev–Trinajstić information content (AvgIpc) is 3.32. The Kier molecular flexibility index (Phi) is 6.07. The fourth-order valence-electron chi connectivity index (χ4n) is 3.27. The average molecular weight is 322 g/mol. The van der Waals surface area contributed by atoms with E-state index in [2.05, 4.69) is 10.2 Å². The molecule has 6 heteroatoms. The van der Waals surface area contributed by atoms with Crippen molar-refractivity contribution in [2.24, 2.45) is 0 Å². The van der Waals surface area contributed by atoms with Gasteiger partial charge in [0, 0.05) is 13.2 Å². The highest BCUT2D eigenvalue weighted by atomic mass is 16.5. The van der Waals surface area contributed by atoms with Gasteiger partial charge in [0.2, 0.25) is 5.91 Å². The Morgan fingerprint density at radius 1 is 1.39 bits per heavy atom. The third kappa shape index (κ3) is 4.80. The van der Waals surface area contributed by atoms with Crippen molar-refractivity contribution in [1.29, 1.82) is 0 Å². The minimum Gasteiger partial charge on any atom is -0.467 e. The van der Waals surface area contributed by atoms with Gasteiger partial charge in [-0.25, -0.2) is 0 Å². The van der Waals surface area contributed by atoms with Crippen molar-refractivity contribution in [3.63, 3.8) is 0 Å². The Hall–Kier alpha value is -1.37. The quantitative estimate of drug-likeness (QED) is 0.736. The van der Waals surface area contributed by atoms with Crippen LogP contribution >= 0.6 is 0 Å². The lowest BCUT2D eigenvalue weighted by atomic mass is 10.2. The summed E-state index contributed by atoms with van der Waals surface area (Å²) < 4.78 is 16.5. The van der Waals surface area contributed by atoms with Gasteiger partial charge < -0.3 is 19.2 Å². The molecule has 3 rings (SSSR count). The number of nitrogens with zero attached hydrogens (tertiary/aromatic N) is 1. The van der Waals surface area contributed by atoms with Crippen LogP contribution in [0.2, 0.25) is 0 Å². The third-order valence-electron chi connectivity index (χ3n) is 4.53. The van der Waals surface area contributed by atoms with E-state index < -0.39 is 0 Å². The van der Waals surface area contributed by atoms with Crippen LogP contribution in [0.4, 0.5) is 0 Å². The fraction of sp³-hybridized carbons (Fsp3) is 0.706. The smallest absolute Gasteiger partial charge is 0.237 e. The maximum atomic E-state index is 12.3. The molecule has 2 aliphatic rings. The molecule has 0 aromatic carbocycles. The minimum atomic E-state index is -0.0451. The van der Waals surface area contributed by atoms with E-state index in [1.807, 2.05) is 12.1 Å². The molecule has 0 saturated carbocycles. The highest BCUT2D eigenvalue weighted by Crippen LogP contribution is 2.17. The number of nitrogens with one attached hydrogen (secondary N) is 1. The summed E-state index contributed by atoms with van der Waals surface area (Å²) in [5.74, 6) is 0.862. The number of amides is 1. The van der Waals surface area contributed by atoms with Crippen LogP contribution in [0.1, 0.15) is 31.4 Å². The Morgan fingerprint density at radius 2 is 2.35 bits per heavy atom. The first-order valence-electron chi connectivity index (χ1n) is 8.56. The van der Waals surface area contributed by atoms with Crippen LogP contribution in [-0.4, -0.2) is 55.9 Å². The number of furan rings is 1. The predicted octanol–water partition coefficient (Wildman–Crippen LogP) is 1.56. The minimum absolute atomic E-state index is 0.0451. The standard InChI is InChI=1S/C17H26N2O4/c20-17(18-12-14-4-2-9-22-14)16-6-1-7-19(16)8-11-21-13-15-5-3-10-23-15/h2,4,9,15-16H,1,3,5-8,10-13H2,(H,18,20)/t15-,16+/m1/s1. The molecule has 1 N–H and O–H groups in total. The third-order valence-corrected chi connectivity index (χ3v) is 4.53. The van der Waals surface area contributed by atoms with Gasteiger partial charge in [-0.1, -0.05) is 0 Å². The molecule has 2 atom stereocenters. The van der Waals surface area contributed by atoms with Crippen LogP contribution in [0.15, 0.2) is 22.8 Å². The fourth-order valence-corrected chi connectivity index (χ4v) is 3.27. The van der Waals surface area contributed by atoms with E-state index in [9.17, 15) is 4.79 Å². The number of ether oxygens (including phenoxy) is 2. The molecule has 0 bridgehead atoms. The van der Waals surface area contributed by atoms with Gasteiger partial charge in [-0.3, -0.25) is 9.69 Å². The summed E-state index contributed by atoms with van der Waals surface area (Å²) >= 11 is 0. The molecule has 1 amide bonds. The zero-order chi connectivity index (χ0) is 15.9. The van der Waals surface area contributed by atoms with Crippen molar-refractivity contribution in [1.82, 2.24) is 10.2 Å². The largest absolute Gasteiger partial charge is 0.467 e. The summed E-state index contributed by atoms with van der Waals surface area (Å²) in [5.41, 5.74) is 0. The molecule has 6 nitrogen and oxygen atoms in total. The first-order chi connectivity index (χ1) is 11.3. The maximum absolute atomic E-state index is 12.3. The van der Waals surface area contributed by atoms with Crippen molar-refractivity contribution in [2.45, 2.75) is 44.4 Å². The molecule has 0 aliphatic carbocycles. The first kappa shape index (κ1) is 16.5. The van der Waals surface area contributed by atoms with E-state index in [4.69, 9.17) is 13.9 Å². The number of likely N-dealkylation sites (tertiary alicyclic amines) is 1. The molecule has 1 aromatic heterocycles. The van der Waals surface area contributed by atoms with E-state index in [0.717, 1.165) is 51.1 Å². The molecule has 0 spiro atoms. The second-order valence-corrected chi connectivity index (χ2v) is 6.20. The maximum Gasteiger partial charge on any atom is 0.237 e. The number of hydrogen-bond acceptors (Lipinski definition) is 5. The molecule has 23 heavy (non-hydrogen) atoms. The lowest BCUT2D eigenvalue weighted by Gasteiger charge is -2.23. The van der Waals surface area contributed by atoms with Crippen LogP contribution in [0.25, 0.3) is 0 Å². The van der Waals surface area contributed by atoms with Gasteiger partial charge >= 0.3 is 0 Å². The molecule has 2 saturated heterocycles. The monoisotopic (exact) mass is 322 g/mol. The van der Waals surface area contributed by atoms with Gasteiger partial charge in [0.1, 0.15) is 5.76 Å². The molecular weight excluding hydrogens is 296 g/mol. The zero-order valence-corrected chi connectivity index (χ0v) is 13.5. The molecule has 3 heterocycles. The number of rotatable bonds is 8. The van der Waals surface area contributed by atoms with Crippen LogP contribution in [0, 0.1) is 0 Å². The zero-order valence-electron chi connectivity index (χ0n) is 13.5. The lowest BCUT2D eigenvalue weighted by molar-refractivity contribution is -0.126. The second-order valence-electron chi connectivity index (χ2n) is 6.20. The first-order valence-corrected chi connectivity index (χ1v) is 8.56. The topological polar surface area (TPSA) is 63.9 Å². The van der Waals surface area contributed by atoms with Crippen LogP contribution in [0.3, 0.4) is 0 Å². The number of hydrogen-bond donors (Lipinski definition) is 1. The predicted molar refractivity (Wildman–Crippen MR) is 84.9 cm³/mol. The summed E-state index contributed by atoms with van der Waals surface area (Å²) in [7, 11) is 0. The number of carbonyl (C=O) groups is 1. The Bertz CT molecular complexity index is 471. The van der Waals surface area contributed by atoms with E-state index in [-0.39, 0.29) is 18.1 Å². The normalized spacial score (nSPS) is 25.0.